The number of hydrogen-bond acceptors (Lipinski definition) is 3. The van der Waals surface area contributed by atoms with Crippen molar-refractivity contribution in [1.82, 2.24) is 10.2 Å². The highest BCUT2D eigenvalue weighted by atomic mass is 16.2. The van der Waals surface area contributed by atoms with Crippen molar-refractivity contribution in [2.45, 2.75) is 39.9 Å². The lowest BCUT2D eigenvalue weighted by atomic mass is 10.1. The van der Waals surface area contributed by atoms with E-state index in [4.69, 9.17) is 5.73 Å². The summed E-state index contributed by atoms with van der Waals surface area (Å²) in [6.45, 7) is 8.15. The van der Waals surface area contributed by atoms with Gasteiger partial charge in [-0.05, 0) is 31.0 Å². The third-order valence-electron chi connectivity index (χ3n) is 3.42. The lowest BCUT2D eigenvalue weighted by molar-refractivity contribution is -0.125. The van der Waals surface area contributed by atoms with E-state index in [9.17, 15) is 4.79 Å². The minimum Gasteiger partial charge on any atom is -0.354 e. The molecular weight excluding hydrogens is 250 g/mol. The summed E-state index contributed by atoms with van der Waals surface area (Å²) in [7, 11) is 1.97. The quantitative estimate of drug-likeness (QED) is 0.798. The van der Waals surface area contributed by atoms with E-state index in [0.29, 0.717) is 12.5 Å². The van der Waals surface area contributed by atoms with Crippen LogP contribution in [0.3, 0.4) is 0 Å². The molecule has 1 atom stereocenters. The number of likely N-dealkylation sites (N-methyl/N-ethyl adjacent to an activating group) is 1. The highest BCUT2D eigenvalue weighted by Crippen LogP contribution is 2.08. The fourth-order valence-electron chi connectivity index (χ4n) is 1.86. The van der Waals surface area contributed by atoms with E-state index >= 15 is 0 Å². The van der Waals surface area contributed by atoms with Gasteiger partial charge in [0.05, 0.1) is 6.04 Å². The third-order valence-corrected chi connectivity index (χ3v) is 3.42. The Morgan fingerprint density at radius 2 is 1.75 bits per heavy atom. The standard InChI is InChI=1S/C16H27N3O/c1-12(2)10-18-16(20)13(3)19(4)11-15-7-5-14(9-17)6-8-15/h5-8,12-13H,9-11,17H2,1-4H3,(H,18,20). The van der Waals surface area contributed by atoms with Gasteiger partial charge in [-0.25, -0.2) is 0 Å². The molecule has 4 nitrogen and oxygen atoms in total. The summed E-state index contributed by atoms with van der Waals surface area (Å²) in [6.07, 6.45) is 0. The van der Waals surface area contributed by atoms with Crippen molar-refractivity contribution < 1.29 is 4.79 Å². The summed E-state index contributed by atoms with van der Waals surface area (Å²) in [5, 5.41) is 2.97. The van der Waals surface area contributed by atoms with E-state index in [-0.39, 0.29) is 11.9 Å². The summed E-state index contributed by atoms with van der Waals surface area (Å²) in [4.78, 5) is 14.1. The van der Waals surface area contributed by atoms with Gasteiger partial charge in [-0.3, -0.25) is 9.69 Å². The predicted octanol–water partition coefficient (Wildman–Crippen LogP) is 1.74. The molecule has 1 aromatic carbocycles. The van der Waals surface area contributed by atoms with Gasteiger partial charge >= 0.3 is 0 Å². The lowest BCUT2D eigenvalue weighted by Gasteiger charge is -2.24. The van der Waals surface area contributed by atoms with Crippen molar-refractivity contribution in [3.8, 4) is 0 Å². The molecule has 1 unspecified atom stereocenters. The Kier molecular flexibility index (Phi) is 6.68. The molecule has 3 N–H and O–H groups in total. The van der Waals surface area contributed by atoms with E-state index < -0.39 is 0 Å². The average molecular weight is 277 g/mol. The zero-order valence-electron chi connectivity index (χ0n) is 13.0. The van der Waals surface area contributed by atoms with Gasteiger partial charge in [-0.1, -0.05) is 38.1 Å². The number of carbonyl (C=O) groups is 1. The molecule has 1 amide bonds. The van der Waals surface area contributed by atoms with Crippen LogP contribution in [0, 0.1) is 5.92 Å². The van der Waals surface area contributed by atoms with Crippen LogP contribution in [0.4, 0.5) is 0 Å². The Hall–Kier alpha value is -1.39. The molecule has 0 aromatic heterocycles. The van der Waals surface area contributed by atoms with Crippen molar-refractivity contribution >= 4 is 5.91 Å². The van der Waals surface area contributed by atoms with Crippen LogP contribution in [0.1, 0.15) is 31.9 Å². The van der Waals surface area contributed by atoms with E-state index in [2.05, 4.69) is 31.3 Å². The molecule has 0 aliphatic carbocycles. The number of hydrogen-bond donors (Lipinski definition) is 2. The fraction of sp³-hybridized carbons (Fsp3) is 0.562. The third kappa shape index (κ3) is 5.31. The minimum atomic E-state index is -0.136. The SMILES string of the molecule is CC(C)CNC(=O)C(C)N(C)Cc1ccc(CN)cc1. The molecule has 1 rings (SSSR count). The van der Waals surface area contributed by atoms with Crippen molar-refractivity contribution in [1.29, 1.82) is 0 Å². The highest BCUT2D eigenvalue weighted by molar-refractivity contribution is 5.81. The van der Waals surface area contributed by atoms with Crippen LogP contribution < -0.4 is 11.1 Å². The molecule has 1 aromatic rings. The number of nitrogens with one attached hydrogen (secondary N) is 1. The van der Waals surface area contributed by atoms with Crippen LogP contribution in [0.2, 0.25) is 0 Å². The second kappa shape index (κ2) is 8.02. The van der Waals surface area contributed by atoms with Crippen LogP contribution in [-0.2, 0) is 17.9 Å². The first-order valence-electron chi connectivity index (χ1n) is 7.20. The van der Waals surface area contributed by atoms with Crippen LogP contribution >= 0.6 is 0 Å². The van der Waals surface area contributed by atoms with E-state index in [1.165, 1.54) is 5.56 Å². The van der Waals surface area contributed by atoms with Crippen LogP contribution in [0.5, 0.6) is 0 Å². The Morgan fingerprint density at radius 3 is 2.25 bits per heavy atom. The van der Waals surface area contributed by atoms with Crippen molar-refractivity contribution in [3.63, 3.8) is 0 Å². The van der Waals surface area contributed by atoms with Gasteiger partial charge in [0.1, 0.15) is 0 Å². The number of carbonyl (C=O) groups excluding carboxylic acids is 1. The molecule has 0 heterocycles. The topological polar surface area (TPSA) is 58.4 Å². The smallest absolute Gasteiger partial charge is 0.237 e. The van der Waals surface area contributed by atoms with Crippen molar-refractivity contribution in [2.75, 3.05) is 13.6 Å². The Balaban J connectivity index is 2.51. The number of nitrogens with zero attached hydrogens (tertiary/aromatic N) is 1. The molecule has 0 aliphatic rings. The second-order valence-electron chi connectivity index (χ2n) is 5.75. The van der Waals surface area contributed by atoms with Gasteiger partial charge in [0, 0.05) is 19.6 Å². The molecule has 0 spiro atoms. The zero-order valence-corrected chi connectivity index (χ0v) is 13.0. The molecule has 0 radical (unpaired) electrons. The Morgan fingerprint density at radius 1 is 1.20 bits per heavy atom. The first kappa shape index (κ1) is 16.7. The number of benzene rings is 1. The maximum absolute atomic E-state index is 12.0. The average Bonchev–Trinajstić information content (AvgIpc) is 2.44. The zero-order chi connectivity index (χ0) is 15.1. The van der Waals surface area contributed by atoms with Gasteiger partial charge < -0.3 is 11.1 Å². The van der Waals surface area contributed by atoms with Crippen molar-refractivity contribution in [3.05, 3.63) is 35.4 Å². The maximum atomic E-state index is 12.0. The summed E-state index contributed by atoms with van der Waals surface area (Å²) < 4.78 is 0. The van der Waals surface area contributed by atoms with Gasteiger partial charge in [-0.2, -0.15) is 0 Å². The minimum absolute atomic E-state index is 0.0831. The molecule has 0 bridgehead atoms. The molecule has 0 fully saturated rings. The van der Waals surface area contributed by atoms with Gasteiger partial charge in [0.2, 0.25) is 5.91 Å². The van der Waals surface area contributed by atoms with Crippen molar-refractivity contribution in [2.24, 2.45) is 11.7 Å². The monoisotopic (exact) mass is 277 g/mol. The lowest BCUT2D eigenvalue weighted by Crippen LogP contribution is -2.43. The van der Waals surface area contributed by atoms with Gasteiger partial charge in [0.15, 0.2) is 0 Å². The van der Waals surface area contributed by atoms with E-state index in [1.807, 2.05) is 31.0 Å². The largest absolute Gasteiger partial charge is 0.354 e. The molecule has 20 heavy (non-hydrogen) atoms. The van der Waals surface area contributed by atoms with Crippen LogP contribution in [0.15, 0.2) is 24.3 Å². The number of amides is 1. The first-order chi connectivity index (χ1) is 9.43. The molecule has 0 saturated heterocycles. The van der Waals surface area contributed by atoms with Crippen LogP contribution in [0.25, 0.3) is 0 Å². The molecule has 0 saturated carbocycles. The summed E-state index contributed by atoms with van der Waals surface area (Å²) in [5.41, 5.74) is 7.90. The van der Waals surface area contributed by atoms with E-state index in [1.54, 1.807) is 0 Å². The number of nitrogens with two attached hydrogens (primary N) is 1. The second-order valence-corrected chi connectivity index (χ2v) is 5.75. The Bertz CT molecular complexity index is 414. The van der Waals surface area contributed by atoms with Crippen LogP contribution in [-0.4, -0.2) is 30.4 Å². The number of rotatable bonds is 7. The molecule has 112 valence electrons. The molecule has 4 heteroatoms. The first-order valence-corrected chi connectivity index (χ1v) is 7.20. The summed E-state index contributed by atoms with van der Waals surface area (Å²) in [5.74, 6) is 0.556. The summed E-state index contributed by atoms with van der Waals surface area (Å²) in [6, 6.07) is 8.07. The van der Waals surface area contributed by atoms with E-state index in [0.717, 1.165) is 18.7 Å². The highest BCUT2D eigenvalue weighted by Gasteiger charge is 2.17. The summed E-state index contributed by atoms with van der Waals surface area (Å²) >= 11 is 0. The normalized spacial score (nSPS) is 12.8. The molecular formula is C16H27N3O. The fourth-order valence-corrected chi connectivity index (χ4v) is 1.86. The molecule has 0 aliphatic heterocycles. The maximum Gasteiger partial charge on any atom is 0.237 e. The van der Waals surface area contributed by atoms with Gasteiger partial charge in [0.25, 0.3) is 0 Å². The Labute approximate surface area is 122 Å². The predicted molar refractivity (Wildman–Crippen MR) is 83.1 cm³/mol. The van der Waals surface area contributed by atoms with Gasteiger partial charge in [-0.15, -0.1) is 0 Å².